The second-order valence-electron chi connectivity index (χ2n) is 5.14. The zero-order valence-corrected chi connectivity index (χ0v) is 13.4. The van der Waals surface area contributed by atoms with Gasteiger partial charge in [-0.15, -0.1) is 0 Å². The van der Waals surface area contributed by atoms with E-state index in [9.17, 15) is 9.59 Å². The lowest BCUT2D eigenvalue weighted by Gasteiger charge is -2.32. The number of methoxy groups -OCH3 is 3. The summed E-state index contributed by atoms with van der Waals surface area (Å²) < 4.78 is 20.1. The molecule has 2 rings (SSSR count). The minimum Gasteiger partial charge on any atom is -0.497 e. The van der Waals surface area contributed by atoms with Crippen LogP contribution in [0.1, 0.15) is 5.56 Å². The lowest BCUT2D eigenvalue weighted by atomic mass is 9.75. The van der Waals surface area contributed by atoms with E-state index < -0.39 is 17.9 Å². The molecule has 0 aliphatic heterocycles. The van der Waals surface area contributed by atoms with Gasteiger partial charge in [-0.2, -0.15) is 0 Å². The largest absolute Gasteiger partial charge is 0.497 e. The van der Waals surface area contributed by atoms with Crippen LogP contribution in [-0.4, -0.2) is 39.9 Å². The molecule has 0 spiro atoms. The highest BCUT2D eigenvalue weighted by molar-refractivity contribution is 5.98. The van der Waals surface area contributed by atoms with Crippen LogP contribution in [0, 0.1) is 11.8 Å². The Morgan fingerprint density at radius 2 is 1.74 bits per heavy atom. The first-order valence-electron chi connectivity index (χ1n) is 7.19. The molecule has 23 heavy (non-hydrogen) atoms. The molecule has 0 N–H and O–H groups in total. The van der Waals surface area contributed by atoms with Crippen LogP contribution >= 0.6 is 0 Å². The lowest BCUT2D eigenvalue weighted by molar-refractivity contribution is -0.151. The number of esters is 2. The normalized spacial score (nSPS) is 19.3. The van der Waals surface area contributed by atoms with Gasteiger partial charge in [-0.3, -0.25) is 4.79 Å². The number of rotatable bonds is 7. The maximum atomic E-state index is 11.8. The topological polar surface area (TPSA) is 71.1 Å². The predicted octanol–water partition coefficient (Wildman–Crippen LogP) is 1.73. The summed E-state index contributed by atoms with van der Waals surface area (Å²) in [6.45, 7) is 0.738. The van der Waals surface area contributed by atoms with Gasteiger partial charge in [-0.1, -0.05) is 18.2 Å². The van der Waals surface area contributed by atoms with Crippen molar-refractivity contribution in [2.45, 2.75) is 6.61 Å². The maximum absolute atomic E-state index is 11.8. The monoisotopic (exact) mass is 320 g/mol. The Balaban J connectivity index is 1.90. The van der Waals surface area contributed by atoms with E-state index in [4.69, 9.17) is 14.2 Å². The Kier molecular flexibility index (Phi) is 5.76. The first kappa shape index (κ1) is 17.0. The van der Waals surface area contributed by atoms with E-state index in [0.717, 1.165) is 11.3 Å². The number of ether oxygens (including phenoxy) is 4. The van der Waals surface area contributed by atoms with Gasteiger partial charge >= 0.3 is 11.9 Å². The summed E-state index contributed by atoms with van der Waals surface area (Å²) in [5.74, 6) is -0.986. The Morgan fingerprint density at radius 3 is 2.30 bits per heavy atom. The average Bonchev–Trinajstić information content (AvgIpc) is 2.57. The van der Waals surface area contributed by atoms with Crippen LogP contribution in [0.3, 0.4) is 0 Å². The standard InChI is InChI=1S/C17H20O6/c1-20-13-6-4-11(5-7-13)9-23-10-12-8-14(16(18)21-2)15(12)17(19)22-3/h4-8,12,15H,9-10H2,1-3H3/t12-,15+/m1/s1. The molecule has 0 fully saturated rings. The highest BCUT2D eigenvalue weighted by Gasteiger charge is 2.43. The fraction of sp³-hybridized carbons (Fsp3) is 0.412. The number of carbonyl (C=O) groups excluding carboxylic acids is 2. The van der Waals surface area contributed by atoms with Crippen molar-refractivity contribution in [3.63, 3.8) is 0 Å². The number of hydrogen-bond acceptors (Lipinski definition) is 6. The molecule has 1 aromatic rings. The SMILES string of the molecule is COC(=O)C1=C[C@H](COCc2ccc(OC)cc2)[C@@H]1C(=O)OC. The van der Waals surface area contributed by atoms with E-state index in [-0.39, 0.29) is 5.92 Å². The van der Waals surface area contributed by atoms with Crippen molar-refractivity contribution < 1.29 is 28.5 Å². The second-order valence-corrected chi connectivity index (χ2v) is 5.14. The summed E-state index contributed by atoms with van der Waals surface area (Å²) in [6, 6.07) is 7.53. The predicted molar refractivity (Wildman–Crippen MR) is 81.7 cm³/mol. The number of benzene rings is 1. The fourth-order valence-corrected chi connectivity index (χ4v) is 2.46. The van der Waals surface area contributed by atoms with E-state index >= 15 is 0 Å². The quantitative estimate of drug-likeness (QED) is 0.713. The van der Waals surface area contributed by atoms with Crippen LogP contribution in [0.2, 0.25) is 0 Å². The number of hydrogen-bond donors (Lipinski definition) is 0. The molecule has 0 saturated carbocycles. The molecule has 6 nitrogen and oxygen atoms in total. The first-order valence-corrected chi connectivity index (χ1v) is 7.19. The van der Waals surface area contributed by atoms with E-state index in [1.54, 1.807) is 13.2 Å². The molecule has 0 heterocycles. The summed E-state index contributed by atoms with van der Waals surface area (Å²) in [4.78, 5) is 23.4. The third-order valence-electron chi connectivity index (χ3n) is 3.77. The van der Waals surface area contributed by atoms with Gasteiger partial charge in [0.25, 0.3) is 0 Å². The van der Waals surface area contributed by atoms with Crippen LogP contribution < -0.4 is 4.74 Å². The van der Waals surface area contributed by atoms with E-state index in [0.29, 0.717) is 18.8 Å². The van der Waals surface area contributed by atoms with E-state index in [1.807, 2.05) is 24.3 Å². The summed E-state index contributed by atoms with van der Waals surface area (Å²) in [5.41, 5.74) is 1.33. The molecular weight excluding hydrogens is 300 g/mol. The minimum atomic E-state index is -0.622. The third kappa shape index (κ3) is 3.90. The molecule has 0 bridgehead atoms. The summed E-state index contributed by atoms with van der Waals surface area (Å²) in [6.07, 6.45) is 1.70. The Hall–Kier alpha value is -2.34. The van der Waals surface area contributed by atoms with Crippen molar-refractivity contribution in [1.29, 1.82) is 0 Å². The van der Waals surface area contributed by atoms with Crippen molar-refractivity contribution in [2.75, 3.05) is 27.9 Å². The van der Waals surface area contributed by atoms with Gasteiger partial charge in [-0.25, -0.2) is 4.79 Å². The highest BCUT2D eigenvalue weighted by Crippen LogP contribution is 2.35. The molecule has 6 heteroatoms. The average molecular weight is 320 g/mol. The van der Waals surface area contributed by atoms with E-state index in [1.165, 1.54) is 14.2 Å². The van der Waals surface area contributed by atoms with Crippen molar-refractivity contribution in [3.8, 4) is 5.75 Å². The van der Waals surface area contributed by atoms with Gasteiger partial charge in [0.15, 0.2) is 0 Å². The Labute approximate surface area is 135 Å². The molecule has 0 unspecified atom stereocenters. The fourth-order valence-electron chi connectivity index (χ4n) is 2.46. The molecule has 1 aliphatic carbocycles. The van der Waals surface area contributed by atoms with Crippen LogP contribution in [-0.2, 0) is 30.4 Å². The van der Waals surface area contributed by atoms with Crippen molar-refractivity contribution in [3.05, 3.63) is 41.5 Å². The van der Waals surface area contributed by atoms with Gasteiger partial charge in [0.1, 0.15) is 5.75 Å². The van der Waals surface area contributed by atoms with Gasteiger partial charge < -0.3 is 18.9 Å². The van der Waals surface area contributed by atoms with Crippen molar-refractivity contribution >= 4 is 11.9 Å². The molecule has 124 valence electrons. The lowest BCUT2D eigenvalue weighted by Crippen LogP contribution is -2.39. The zero-order valence-electron chi connectivity index (χ0n) is 13.4. The van der Waals surface area contributed by atoms with Gasteiger partial charge in [0.2, 0.25) is 0 Å². The van der Waals surface area contributed by atoms with Crippen LogP contribution in [0.4, 0.5) is 0 Å². The van der Waals surface area contributed by atoms with E-state index in [2.05, 4.69) is 4.74 Å². The van der Waals surface area contributed by atoms with Gasteiger partial charge in [0.05, 0.1) is 40.5 Å². The minimum absolute atomic E-state index is 0.185. The molecule has 0 radical (unpaired) electrons. The summed E-state index contributed by atoms with van der Waals surface area (Å²) >= 11 is 0. The number of carbonyl (C=O) groups is 2. The molecule has 0 amide bonds. The maximum Gasteiger partial charge on any atom is 0.334 e. The summed E-state index contributed by atoms with van der Waals surface area (Å²) in [7, 11) is 4.19. The Morgan fingerprint density at radius 1 is 1.04 bits per heavy atom. The van der Waals surface area contributed by atoms with Crippen LogP contribution in [0.25, 0.3) is 0 Å². The smallest absolute Gasteiger partial charge is 0.334 e. The molecule has 1 aromatic carbocycles. The molecule has 1 aliphatic rings. The van der Waals surface area contributed by atoms with Crippen molar-refractivity contribution in [1.82, 2.24) is 0 Å². The zero-order chi connectivity index (χ0) is 16.8. The molecule has 0 aromatic heterocycles. The van der Waals surface area contributed by atoms with Gasteiger partial charge in [-0.05, 0) is 17.7 Å². The van der Waals surface area contributed by atoms with Crippen molar-refractivity contribution in [2.24, 2.45) is 11.8 Å². The first-order chi connectivity index (χ1) is 11.1. The van der Waals surface area contributed by atoms with Crippen LogP contribution in [0.5, 0.6) is 5.75 Å². The Bertz CT molecular complexity index is 590. The molecule has 0 saturated heterocycles. The second kappa shape index (κ2) is 7.78. The molecule has 2 atom stereocenters. The van der Waals surface area contributed by atoms with Crippen LogP contribution in [0.15, 0.2) is 35.9 Å². The van der Waals surface area contributed by atoms with Gasteiger partial charge in [0, 0.05) is 11.5 Å². The molecular formula is C17H20O6. The third-order valence-corrected chi connectivity index (χ3v) is 3.77. The highest BCUT2D eigenvalue weighted by atomic mass is 16.5. The summed E-state index contributed by atoms with van der Waals surface area (Å²) in [5, 5.41) is 0.